The van der Waals surface area contributed by atoms with E-state index in [4.69, 9.17) is 4.74 Å². The van der Waals surface area contributed by atoms with Crippen molar-refractivity contribution >= 4 is 5.97 Å². The molecule has 1 aromatic carbocycles. The van der Waals surface area contributed by atoms with E-state index in [-0.39, 0.29) is 5.97 Å². The zero-order chi connectivity index (χ0) is 14.1. The number of esters is 1. The van der Waals surface area contributed by atoms with Crippen LogP contribution in [0.5, 0.6) is 0 Å². The summed E-state index contributed by atoms with van der Waals surface area (Å²) in [4.78, 5) is 14.7. The highest BCUT2D eigenvalue weighted by molar-refractivity contribution is 5.91. The van der Waals surface area contributed by atoms with Gasteiger partial charge in [0, 0.05) is 12.0 Å². The molecule has 1 aliphatic carbocycles. The Hall–Kier alpha value is -1.35. The predicted molar refractivity (Wildman–Crippen MR) is 79.1 cm³/mol. The SMILES string of the molecule is CCCN1CCC2c3c(cccc3C(=O)OC)CCC21. The molecule has 1 aliphatic heterocycles. The van der Waals surface area contributed by atoms with E-state index in [0.29, 0.717) is 12.0 Å². The summed E-state index contributed by atoms with van der Waals surface area (Å²) in [5, 5.41) is 0. The summed E-state index contributed by atoms with van der Waals surface area (Å²) in [5.41, 5.74) is 3.42. The molecule has 2 aliphatic rings. The fourth-order valence-corrected chi connectivity index (χ4v) is 4.06. The van der Waals surface area contributed by atoms with Crippen LogP contribution < -0.4 is 0 Å². The summed E-state index contributed by atoms with van der Waals surface area (Å²) in [6.45, 7) is 4.58. The summed E-state index contributed by atoms with van der Waals surface area (Å²) in [7, 11) is 1.47. The molecule has 3 rings (SSSR count). The van der Waals surface area contributed by atoms with Gasteiger partial charge in [-0.15, -0.1) is 0 Å². The topological polar surface area (TPSA) is 29.5 Å². The number of methoxy groups -OCH3 is 1. The van der Waals surface area contributed by atoms with Gasteiger partial charge in [0.1, 0.15) is 0 Å². The number of ether oxygens (including phenoxy) is 1. The minimum absolute atomic E-state index is 0.184. The number of benzene rings is 1. The van der Waals surface area contributed by atoms with Crippen LogP contribution in [0.2, 0.25) is 0 Å². The van der Waals surface area contributed by atoms with Crippen molar-refractivity contribution in [1.82, 2.24) is 4.90 Å². The van der Waals surface area contributed by atoms with Crippen molar-refractivity contribution in [2.24, 2.45) is 0 Å². The van der Waals surface area contributed by atoms with Gasteiger partial charge in [0.2, 0.25) is 0 Å². The quantitative estimate of drug-likeness (QED) is 0.793. The second-order valence-corrected chi connectivity index (χ2v) is 5.91. The van der Waals surface area contributed by atoms with Crippen molar-refractivity contribution in [3.63, 3.8) is 0 Å². The lowest BCUT2D eigenvalue weighted by Crippen LogP contribution is -2.36. The van der Waals surface area contributed by atoms with E-state index in [1.165, 1.54) is 44.0 Å². The summed E-state index contributed by atoms with van der Waals surface area (Å²) >= 11 is 0. The predicted octanol–water partition coefficient (Wildman–Crippen LogP) is 2.99. The third kappa shape index (κ3) is 2.14. The molecule has 2 unspecified atom stereocenters. The normalized spacial score (nSPS) is 25.1. The molecule has 1 fully saturated rings. The molecule has 2 atom stereocenters. The van der Waals surface area contributed by atoms with E-state index in [0.717, 1.165) is 18.5 Å². The first-order chi connectivity index (χ1) is 9.76. The Morgan fingerprint density at radius 2 is 2.25 bits per heavy atom. The van der Waals surface area contributed by atoms with Gasteiger partial charge < -0.3 is 4.74 Å². The first-order valence-electron chi connectivity index (χ1n) is 7.70. The molecule has 3 nitrogen and oxygen atoms in total. The number of likely N-dealkylation sites (tertiary alicyclic amines) is 1. The number of carbonyl (C=O) groups is 1. The fraction of sp³-hybridized carbons (Fsp3) is 0.588. The molecule has 108 valence electrons. The van der Waals surface area contributed by atoms with Gasteiger partial charge in [0.05, 0.1) is 12.7 Å². The van der Waals surface area contributed by atoms with Crippen LogP contribution in [-0.4, -0.2) is 37.1 Å². The Morgan fingerprint density at radius 1 is 1.40 bits per heavy atom. The van der Waals surface area contributed by atoms with E-state index in [2.05, 4.69) is 17.9 Å². The Balaban J connectivity index is 1.98. The zero-order valence-corrected chi connectivity index (χ0v) is 12.4. The number of hydrogen-bond acceptors (Lipinski definition) is 3. The molecule has 1 aromatic rings. The van der Waals surface area contributed by atoms with Crippen molar-refractivity contribution in [1.29, 1.82) is 0 Å². The van der Waals surface area contributed by atoms with Crippen molar-refractivity contribution in [3.05, 3.63) is 34.9 Å². The first kappa shape index (κ1) is 13.6. The molecule has 0 spiro atoms. The third-order valence-corrected chi connectivity index (χ3v) is 4.85. The molecule has 20 heavy (non-hydrogen) atoms. The number of nitrogens with zero attached hydrogens (tertiary/aromatic N) is 1. The third-order valence-electron chi connectivity index (χ3n) is 4.85. The van der Waals surface area contributed by atoms with Crippen LogP contribution in [0.25, 0.3) is 0 Å². The van der Waals surface area contributed by atoms with Crippen LogP contribution in [0, 0.1) is 0 Å². The van der Waals surface area contributed by atoms with E-state index < -0.39 is 0 Å². The van der Waals surface area contributed by atoms with Crippen LogP contribution in [0.15, 0.2) is 18.2 Å². The van der Waals surface area contributed by atoms with Gasteiger partial charge in [0.15, 0.2) is 0 Å². The average Bonchev–Trinajstić information content (AvgIpc) is 2.89. The minimum atomic E-state index is -0.184. The summed E-state index contributed by atoms with van der Waals surface area (Å²) in [5.74, 6) is 0.331. The highest BCUT2D eigenvalue weighted by atomic mass is 16.5. The molecule has 0 amide bonds. The summed E-state index contributed by atoms with van der Waals surface area (Å²) in [6.07, 6.45) is 4.68. The lowest BCUT2D eigenvalue weighted by atomic mass is 9.77. The van der Waals surface area contributed by atoms with Crippen molar-refractivity contribution < 1.29 is 9.53 Å². The molecule has 0 N–H and O–H groups in total. The van der Waals surface area contributed by atoms with Crippen LogP contribution in [0.4, 0.5) is 0 Å². The average molecular weight is 273 g/mol. The molecule has 1 saturated heterocycles. The number of aryl methyl sites for hydroxylation is 1. The van der Waals surface area contributed by atoms with Gasteiger partial charge >= 0.3 is 5.97 Å². The highest BCUT2D eigenvalue weighted by Gasteiger charge is 2.40. The molecular formula is C17H23NO2. The lowest BCUT2D eigenvalue weighted by Gasteiger charge is -2.34. The second-order valence-electron chi connectivity index (χ2n) is 5.91. The molecular weight excluding hydrogens is 250 g/mol. The number of hydrogen-bond donors (Lipinski definition) is 0. The van der Waals surface area contributed by atoms with Crippen LogP contribution in [0.1, 0.15) is 53.6 Å². The summed E-state index contributed by atoms with van der Waals surface area (Å²) in [6, 6.07) is 6.72. The molecule has 0 bridgehead atoms. The van der Waals surface area contributed by atoms with E-state index in [1.54, 1.807) is 0 Å². The molecule has 0 aromatic heterocycles. The fourth-order valence-electron chi connectivity index (χ4n) is 4.06. The lowest BCUT2D eigenvalue weighted by molar-refractivity contribution is 0.0598. The van der Waals surface area contributed by atoms with Crippen LogP contribution in [-0.2, 0) is 11.2 Å². The maximum atomic E-state index is 12.0. The van der Waals surface area contributed by atoms with Crippen molar-refractivity contribution in [2.75, 3.05) is 20.2 Å². The Labute approximate surface area is 120 Å². The van der Waals surface area contributed by atoms with E-state index in [1.807, 2.05) is 12.1 Å². The number of fused-ring (bicyclic) bond motifs is 3. The molecule has 3 heteroatoms. The summed E-state index contributed by atoms with van der Waals surface area (Å²) < 4.78 is 4.97. The largest absolute Gasteiger partial charge is 0.465 e. The van der Waals surface area contributed by atoms with E-state index in [9.17, 15) is 4.79 Å². The van der Waals surface area contributed by atoms with Gasteiger partial charge in [0.25, 0.3) is 0 Å². The van der Waals surface area contributed by atoms with E-state index >= 15 is 0 Å². The Bertz CT molecular complexity index is 512. The van der Waals surface area contributed by atoms with Gasteiger partial charge in [-0.1, -0.05) is 19.1 Å². The maximum Gasteiger partial charge on any atom is 0.338 e. The molecule has 0 saturated carbocycles. The Kier molecular flexibility index (Phi) is 3.79. The molecule has 1 heterocycles. The monoisotopic (exact) mass is 273 g/mol. The van der Waals surface area contributed by atoms with Gasteiger partial charge in [-0.25, -0.2) is 4.79 Å². The molecule has 0 radical (unpaired) electrons. The van der Waals surface area contributed by atoms with Gasteiger partial charge in [-0.05, 0) is 56.0 Å². The van der Waals surface area contributed by atoms with Gasteiger partial charge in [-0.2, -0.15) is 0 Å². The van der Waals surface area contributed by atoms with Gasteiger partial charge in [-0.3, -0.25) is 4.90 Å². The Morgan fingerprint density at radius 3 is 3.00 bits per heavy atom. The maximum absolute atomic E-state index is 12.0. The highest BCUT2D eigenvalue weighted by Crippen LogP contribution is 2.43. The zero-order valence-electron chi connectivity index (χ0n) is 12.4. The first-order valence-corrected chi connectivity index (χ1v) is 7.70. The number of carbonyl (C=O) groups excluding carboxylic acids is 1. The van der Waals surface area contributed by atoms with Crippen molar-refractivity contribution in [2.45, 2.75) is 44.6 Å². The van der Waals surface area contributed by atoms with Crippen LogP contribution >= 0.6 is 0 Å². The second kappa shape index (κ2) is 5.57. The standard InChI is InChI=1S/C17H23NO2/c1-3-10-18-11-9-13-15(18)8-7-12-5-4-6-14(16(12)13)17(19)20-2/h4-6,13,15H,3,7-11H2,1-2H3. The van der Waals surface area contributed by atoms with Crippen molar-refractivity contribution in [3.8, 4) is 0 Å². The minimum Gasteiger partial charge on any atom is -0.465 e. The smallest absolute Gasteiger partial charge is 0.338 e. The van der Waals surface area contributed by atoms with Crippen LogP contribution in [0.3, 0.4) is 0 Å². The number of rotatable bonds is 3.